The van der Waals surface area contributed by atoms with Gasteiger partial charge in [0, 0.05) is 18.5 Å². The largest absolute Gasteiger partial charge is 0.352 e. The molecule has 0 fully saturated rings. The van der Waals surface area contributed by atoms with E-state index in [2.05, 4.69) is 5.32 Å². The van der Waals surface area contributed by atoms with Gasteiger partial charge in [0.15, 0.2) is 0 Å². The second-order valence-corrected chi connectivity index (χ2v) is 3.15. The summed E-state index contributed by atoms with van der Waals surface area (Å²) in [6, 6.07) is 8.88. The average molecular weight is 205 g/mol. The van der Waals surface area contributed by atoms with Gasteiger partial charge in [-0.3, -0.25) is 15.3 Å². The van der Waals surface area contributed by atoms with Gasteiger partial charge in [0.1, 0.15) is 0 Å². The number of amides is 2. The van der Waals surface area contributed by atoms with E-state index in [0.29, 0.717) is 18.5 Å². The van der Waals surface area contributed by atoms with Gasteiger partial charge in [0.25, 0.3) is 5.91 Å². The van der Waals surface area contributed by atoms with E-state index >= 15 is 0 Å². The van der Waals surface area contributed by atoms with Crippen molar-refractivity contribution in [3.63, 3.8) is 0 Å². The zero-order valence-corrected chi connectivity index (χ0v) is 8.32. The van der Waals surface area contributed by atoms with Crippen LogP contribution in [-0.4, -0.2) is 18.4 Å². The molecule has 0 saturated heterocycles. The fourth-order valence-corrected chi connectivity index (χ4v) is 1.14. The molecule has 1 rings (SSSR count). The minimum atomic E-state index is -0.594. The van der Waals surface area contributed by atoms with Crippen molar-refractivity contribution in [2.24, 2.45) is 0 Å². The highest BCUT2D eigenvalue weighted by Gasteiger charge is 2.03. The van der Waals surface area contributed by atoms with Gasteiger partial charge in [-0.1, -0.05) is 18.2 Å². The van der Waals surface area contributed by atoms with Crippen molar-refractivity contribution in [1.82, 2.24) is 11.1 Å². The minimum Gasteiger partial charge on any atom is -0.352 e. The first-order valence-corrected chi connectivity index (χ1v) is 4.78. The molecule has 0 aromatic heterocycles. The Bertz CT molecular complexity index is 336. The summed E-state index contributed by atoms with van der Waals surface area (Å²) in [6.45, 7) is 0.429. The number of hydrogen-bond donors (Lipinski definition) is 1. The van der Waals surface area contributed by atoms with Crippen LogP contribution in [0, 0.1) is 0 Å². The zero-order chi connectivity index (χ0) is 11.1. The van der Waals surface area contributed by atoms with Crippen LogP contribution in [0.4, 0.5) is 0 Å². The highest BCUT2D eigenvalue weighted by molar-refractivity contribution is 5.94. The summed E-state index contributed by atoms with van der Waals surface area (Å²) >= 11 is 0. The molecule has 79 valence electrons. The summed E-state index contributed by atoms with van der Waals surface area (Å²) < 4.78 is 0. The van der Waals surface area contributed by atoms with Crippen LogP contribution in [0.25, 0.3) is 0 Å². The standard InChI is InChI=1S/C11H13N2O2/c12-10(14)7-4-8-13-11(15)9-5-2-1-3-6-9/h1-3,5-6,12H,4,7-8H2,(H,13,15). The van der Waals surface area contributed by atoms with Gasteiger partial charge in [-0.2, -0.15) is 0 Å². The third kappa shape index (κ3) is 4.26. The lowest BCUT2D eigenvalue weighted by atomic mass is 10.2. The molecular formula is C11H13N2O2. The van der Waals surface area contributed by atoms with Crippen LogP contribution in [0.3, 0.4) is 0 Å². The Kier molecular flexibility index (Phi) is 4.34. The van der Waals surface area contributed by atoms with Crippen LogP contribution in [0.2, 0.25) is 0 Å². The van der Waals surface area contributed by atoms with Crippen LogP contribution < -0.4 is 11.1 Å². The average Bonchev–Trinajstić information content (AvgIpc) is 2.25. The fraction of sp³-hybridized carbons (Fsp3) is 0.273. The molecule has 0 aliphatic heterocycles. The molecule has 0 bridgehead atoms. The molecule has 0 aliphatic carbocycles. The molecule has 4 nitrogen and oxygen atoms in total. The van der Waals surface area contributed by atoms with E-state index in [1.54, 1.807) is 24.3 Å². The third-order valence-electron chi connectivity index (χ3n) is 1.90. The van der Waals surface area contributed by atoms with Gasteiger partial charge >= 0.3 is 0 Å². The lowest BCUT2D eigenvalue weighted by molar-refractivity contribution is -0.118. The topological polar surface area (TPSA) is 70.0 Å². The first-order valence-electron chi connectivity index (χ1n) is 4.78. The van der Waals surface area contributed by atoms with Crippen molar-refractivity contribution in [2.75, 3.05) is 6.54 Å². The van der Waals surface area contributed by atoms with Gasteiger partial charge < -0.3 is 5.32 Å². The van der Waals surface area contributed by atoms with Crippen molar-refractivity contribution >= 4 is 11.8 Å². The normalized spacial score (nSPS) is 9.60. The van der Waals surface area contributed by atoms with E-state index in [-0.39, 0.29) is 12.3 Å². The first-order chi connectivity index (χ1) is 7.20. The maximum atomic E-state index is 11.4. The molecule has 0 atom stereocenters. The van der Waals surface area contributed by atoms with E-state index in [9.17, 15) is 9.59 Å². The lowest BCUT2D eigenvalue weighted by Gasteiger charge is -2.03. The van der Waals surface area contributed by atoms with Crippen LogP contribution in [0.1, 0.15) is 23.2 Å². The van der Waals surface area contributed by atoms with Crippen LogP contribution in [-0.2, 0) is 4.79 Å². The molecule has 4 heteroatoms. The number of hydrogen-bond acceptors (Lipinski definition) is 2. The molecule has 2 amide bonds. The Balaban J connectivity index is 2.28. The van der Waals surface area contributed by atoms with Crippen molar-refractivity contribution in [1.29, 1.82) is 0 Å². The van der Waals surface area contributed by atoms with Crippen molar-refractivity contribution in [3.8, 4) is 0 Å². The first kappa shape index (κ1) is 11.2. The lowest BCUT2D eigenvalue weighted by Crippen LogP contribution is -2.24. The van der Waals surface area contributed by atoms with Gasteiger partial charge in [0.2, 0.25) is 5.91 Å². The van der Waals surface area contributed by atoms with Gasteiger partial charge in [-0.25, -0.2) is 0 Å². The molecule has 0 unspecified atom stereocenters. The van der Waals surface area contributed by atoms with Gasteiger partial charge in [0.05, 0.1) is 0 Å². The predicted molar refractivity (Wildman–Crippen MR) is 56.1 cm³/mol. The zero-order valence-electron chi connectivity index (χ0n) is 8.32. The SMILES string of the molecule is [NH]C(=O)CCCNC(=O)c1ccccc1. The van der Waals surface area contributed by atoms with Crippen molar-refractivity contribution < 1.29 is 9.59 Å². The van der Waals surface area contributed by atoms with Crippen molar-refractivity contribution in [3.05, 3.63) is 35.9 Å². The summed E-state index contributed by atoms with van der Waals surface area (Å²) in [7, 11) is 0. The summed E-state index contributed by atoms with van der Waals surface area (Å²) in [6.07, 6.45) is 0.704. The summed E-state index contributed by atoms with van der Waals surface area (Å²) in [5, 5.41) is 2.68. The van der Waals surface area contributed by atoms with Crippen molar-refractivity contribution in [2.45, 2.75) is 12.8 Å². The Labute approximate surface area is 88.5 Å². The number of benzene rings is 1. The number of rotatable bonds is 5. The molecule has 1 aromatic rings. The van der Waals surface area contributed by atoms with E-state index < -0.39 is 5.91 Å². The Hall–Kier alpha value is -1.84. The van der Waals surface area contributed by atoms with E-state index in [4.69, 9.17) is 5.73 Å². The Morgan fingerprint density at radius 1 is 1.20 bits per heavy atom. The molecule has 1 radical (unpaired) electrons. The van der Waals surface area contributed by atoms with E-state index in [1.807, 2.05) is 6.07 Å². The molecule has 0 heterocycles. The summed E-state index contributed by atoms with van der Waals surface area (Å²) in [4.78, 5) is 21.8. The molecule has 0 aliphatic rings. The second kappa shape index (κ2) is 5.80. The number of nitrogens with one attached hydrogen (secondary N) is 2. The summed E-state index contributed by atoms with van der Waals surface area (Å²) in [5.74, 6) is -0.739. The fourth-order valence-electron chi connectivity index (χ4n) is 1.14. The van der Waals surface area contributed by atoms with Crippen LogP contribution >= 0.6 is 0 Å². The molecule has 1 aromatic carbocycles. The third-order valence-corrected chi connectivity index (χ3v) is 1.90. The minimum absolute atomic E-state index is 0.145. The Morgan fingerprint density at radius 2 is 1.87 bits per heavy atom. The monoisotopic (exact) mass is 205 g/mol. The highest BCUT2D eigenvalue weighted by Crippen LogP contribution is 1.97. The predicted octanol–water partition coefficient (Wildman–Crippen LogP) is 1.01. The highest BCUT2D eigenvalue weighted by atomic mass is 16.2. The number of carbonyl (C=O) groups excluding carboxylic acids is 2. The van der Waals surface area contributed by atoms with Gasteiger partial charge in [-0.15, -0.1) is 0 Å². The maximum Gasteiger partial charge on any atom is 0.251 e. The van der Waals surface area contributed by atoms with E-state index in [1.165, 1.54) is 0 Å². The van der Waals surface area contributed by atoms with Crippen LogP contribution in [0.5, 0.6) is 0 Å². The maximum absolute atomic E-state index is 11.4. The van der Waals surface area contributed by atoms with Gasteiger partial charge in [-0.05, 0) is 18.6 Å². The molecule has 0 spiro atoms. The Morgan fingerprint density at radius 3 is 2.47 bits per heavy atom. The summed E-state index contributed by atoms with van der Waals surface area (Å²) in [5.41, 5.74) is 7.28. The molecule has 15 heavy (non-hydrogen) atoms. The quantitative estimate of drug-likeness (QED) is 0.728. The van der Waals surface area contributed by atoms with Crippen LogP contribution in [0.15, 0.2) is 30.3 Å². The van der Waals surface area contributed by atoms with E-state index in [0.717, 1.165) is 0 Å². The molecular weight excluding hydrogens is 192 g/mol. The molecule has 0 saturated carbocycles. The second-order valence-electron chi connectivity index (χ2n) is 3.15. The smallest absolute Gasteiger partial charge is 0.251 e. The number of carbonyl (C=O) groups is 2. The molecule has 2 N–H and O–H groups in total.